The molecule has 3 heteroatoms. The van der Waals surface area contributed by atoms with Gasteiger partial charge in [0.05, 0.1) is 17.8 Å². The lowest BCUT2D eigenvalue weighted by Crippen LogP contribution is -2.13. The zero-order valence-corrected chi connectivity index (χ0v) is 9.94. The Morgan fingerprint density at radius 1 is 1.44 bits per heavy atom. The Kier molecular flexibility index (Phi) is 3.06. The number of aromatic nitrogens is 2. The van der Waals surface area contributed by atoms with Gasteiger partial charge >= 0.3 is 0 Å². The third-order valence-corrected chi connectivity index (χ3v) is 2.60. The molecule has 0 aliphatic rings. The Hall–Kier alpha value is -1.61. The van der Waals surface area contributed by atoms with E-state index in [1.54, 1.807) is 0 Å². The molecule has 2 heterocycles. The molecular weight excluding hydrogens is 198 g/mol. The highest BCUT2D eigenvalue weighted by atomic mass is 15.2. The van der Waals surface area contributed by atoms with Crippen LogP contribution in [0, 0.1) is 0 Å². The molecule has 2 rings (SSSR count). The molecule has 0 aliphatic heterocycles. The molecule has 0 fully saturated rings. The summed E-state index contributed by atoms with van der Waals surface area (Å²) in [5, 5.41) is 7.64. The lowest BCUT2D eigenvalue weighted by molar-refractivity contribution is 0.715. The van der Waals surface area contributed by atoms with Crippen LogP contribution in [0.5, 0.6) is 0 Å². The van der Waals surface area contributed by atoms with Gasteiger partial charge in [-0.2, -0.15) is 5.10 Å². The quantitative estimate of drug-likeness (QED) is 0.797. The highest BCUT2D eigenvalue weighted by Gasteiger charge is 2.11. The molecule has 0 radical (unpaired) electrons. The van der Waals surface area contributed by atoms with Crippen molar-refractivity contribution in [1.82, 2.24) is 14.9 Å². The first-order chi connectivity index (χ1) is 7.72. The molecule has 0 saturated heterocycles. The van der Waals surface area contributed by atoms with E-state index in [-0.39, 0.29) is 6.04 Å². The van der Waals surface area contributed by atoms with Crippen molar-refractivity contribution in [1.29, 1.82) is 0 Å². The zero-order chi connectivity index (χ0) is 11.5. The second-order valence-corrected chi connectivity index (χ2v) is 4.14. The van der Waals surface area contributed by atoms with Crippen LogP contribution < -0.4 is 5.32 Å². The van der Waals surface area contributed by atoms with Gasteiger partial charge in [-0.15, -0.1) is 0 Å². The summed E-state index contributed by atoms with van der Waals surface area (Å²) in [7, 11) is 1.97. The molecule has 1 N–H and O–H groups in total. The molecule has 84 valence electrons. The summed E-state index contributed by atoms with van der Waals surface area (Å²) >= 11 is 0. The van der Waals surface area contributed by atoms with Crippen LogP contribution in [0.25, 0.3) is 5.52 Å². The van der Waals surface area contributed by atoms with Gasteiger partial charge in [0.2, 0.25) is 0 Å². The highest BCUT2D eigenvalue weighted by molar-refractivity contribution is 5.55. The van der Waals surface area contributed by atoms with Crippen molar-refractivity contribution in [3.8, 4) is 0 Å². The van der Waals surface area contributed by atoms with E-state index in [9.17, 15) is 0 Å². The molecule has 0 aromatic carbocycles. The lowest BCUT2D eigenvalue weighted by atomic mass is 10.1. The van der Waals surface area contributed by atoms with Gasteiger partial charge in [-0.1, -0.05) is 17.7 Å². The fourth-order valence-electron chi connectivity index (χ4n) is 1.86. The van der Waals surface area contributed by atoms with Crippen molar-refractivity contribution in [2.24, 2.45) is 0 Å². The maximum absolute atomic E-state index is 4.34. The van der Waals surface area contributed by atoms with Gasteiger partial charge in [-0.05, 0) is 33.0 Å². The second kappa shape index (κ2) is 4.49. The van der Waals surface area contributed by atoms with E-state index in [1.165, 1.54) is 11.1 Å². The first kappa shape index (κ1) is 10.9. The van der Waals surface area contributed by atoms with Crippen LogP contribution in [0.2, 0.25) is 0 Å². The number of likely N-dealkylation sites (N-methyl/N-ethyl adjacent to an activating group) is 1. The Morgan fingerprint density at radius 3 is 2.94 bits per heavy atom. The number of fused-ring (bicyclic) bond motifs is 1. The van der Waals surface area contributed by atoms with E-state index in [1.807, 2.05) is 36.1 Å². The smallest absolute Gasteiger partial charge is 0.0712 e. The number of hydrogen-bond donors (Lipinski definition) is 1. The number of nitrogens with one attached hydrogen (secondary N) is 1. The van der Waals surface area contributed by atoms with Gasteiger partial charge < -0.3 is 5.32 Å². The van der Waals surface area contributed by atoms with Crippen molar-refractivity contribution in [2.45, 2.75) is 19.9 Å². The molecule has 16 heavy (non-hydrogen) atoms. The molecule has 3 nitrogen and oxygen atoms in total. The maximum atomic E-state index is 4.34. The topological polar surface area (TPSA) is 29.3 Å². The molecule has 2 aromatic heterocycles. The number of hydrogen-bond acceptors (Lipinski definition) is 2. The summed E-state index contributed by atoms with van der Waals surface area (Å²) < 4.78 is 1.90. The fraction of sp³-hybridized carbons (Fsp3) is 0.308. The summed E-state index contributed by atoms with van der Waals surface area (Å²) in [4.78, 5) is 0. The standard InChI is InChI=1S/C13H17N3/c1-10(2)8-12(14-3)11-9-15-16-7-5-4-6-13(11)16/h4-9,12,14H,1-3H3. The first-order valence-electron chi connectivity index (χ1n) is 5.47. The van der Waals surface area contributed by atoms with Crippen LogP contribution in [-0.2, 0) is 0 Å². The van der Waals surface area contributed by atoms with Crippen LogP contribution in [0.4, 0.5) is 0 Å². The van der Waals surface area contributed by atoms with Crippen molar-refractivity contribution >= 4 is 5.52 Å². The first-order valence-corrected chi connectivity index (χ1v) is 5.47. The molecular formula is C13H17N3. The Bertz CT molecular complexity index is 507. The molecule has 1 unspecified atom stereocenters. The summed E-state index contributed by atoms with van der Waals surface area (Å²) in [5.74, 6) is 0. The predicted octanol–water partition coefficient (Wildman–Crippen LogP) is 2.56. The van der Waals surface area contributed by atoms with Crippen molar-refractivity contribution in [2.75, 3.05) is 7.05 Å². The van der Waals surface area contributed by atoms with Crippen LogP contribution in [0.1, 0.15) is 25.5 Å². The van der Waals surface area contributed by atoms with Crippen molar-refractivity contribution in [3.05, 3.63) is 47.8 Å². The summed E-state index contributed by atoms with van der Waals surface area (Å²) in [6.45, 7) is 4.21. The van der Waals surface area contributed by atoms with Crippen LogP contribution in [0.3, 0.4) is 0 Å². The largest absolute Gasteiger partial charge is 0.310 e. The van der Waals surface area contributed by atoms with Crippen LogP contribution >= 0.6 is 0 Å². The molecule has 0 aliphatic carbocycles. The van der Waals surface area contributed by atoms with E-state index >= 15 is 0 Å². The van der Waals surface area contributed by atoms with Crippen LogP contribution in [-0.4, -0.2) is 16.7 Å². The average molecular weight is 215 g/mol. The van der Waals surface area contributed by atoms with E-state index < -0.39 is 0 Å². The van der Waals surface area contributed by atoms with Gasteiger partial charge in [0.15, 0.2) is 0 Å². The lowest BCUT2D eigenvalue weighted by Gasteiger charge is -2.11. The number of allylic oxidation sites excluding steroid dienone is 1. The molecule has 0 spiro atoms. The maximum Gasteiger partial charge on any atom is 0.0712 e. The van der Waals surface area contributed by atoms with Gasteiger partial charge in [-0.25, -0.2) is 4.52 Å². The van der Waals surface area contributed by atoms with E-state index in [2.05, 4.69) is 36.4 Å². The van der Waals surface area contributed by atoms with Crippen molar-refractivity contribution in [3.63, 3.8) is 0 Å². The highest BCUT2D eigenvalue weighted by Crippen LogP contribution is 2.20. The van der Waals surface area contributed by atoms with Gasteiger partial charge in [0, 0.05) is 11.8 Å². The summed E-state index contributed by atoms with van der Waals surface area (Å²) in [6.07, 6.45) is 6.11. The Morgan fingerprint density at radius 2 is 2.25 bits per heavy atom. The van der Waals surface area contributed by atoms with Crippen molar-refractivity contribution < 1.29 is 0 Å². The van der Waals surface area contributed by atoms with E-state index in [0.717, 1.165) is 5.52 Å². The molecule has 0 bridgehead atoms. The van der Waals surface area contributed by atoms with E-state index in [0.29, 0.717) is 0 Å². The SMILES string of the molecule is CNC(C=C(C)C)c1cnn2ccccc12. The molecule has 1 atom stereocenters. The minimum atomic E-state index is 0.227. The number of nitrogens with zero attached hydrogens (tertiary/aromatic N) is 2. The van der Waals surface area contributed by atoms with Crippen LogP contribution in [0.15, 0.2) is 42.2 Å². The van der Waals surface area contributed by atoms with Gasteiger partial charge in [0.1, 0.15) is 0 Å². The number of rotatable bonds is 3. The zero-order valence-electron chi connectivity index (χ0n) is 9.94. The third kappa shape index (κ3) is 1.99. The average Bonchev–Trinajstić information content (AvgIpc) is 2.69. The van der Waals surface area contributed by atoms with Gasteiger partial charge in [-0.3, -0.25) is 0 Å². The Labute approximate surface area is 95.8 Å². The third-order valence-electron chi connectivity index (χ3n) is 2.60. The molecule has 0 saturated carbocycles. The minimum Gasteiger partial charge on any atom is -0.310 e. The number of pyridine rings is 1. The fourth-order valence-corrected chi connectivity index (χ4v) is 1.86. The van der Waals surface area contributed by atoms with E-state index in [4.69, 9.17) is 0 Å². The second-order valence-electron chi connectivity index (χ2n) is 4.14. The van der Waals surface area contributed by atoms with Gasteiger partial charge in [0.25, 0.3) is 0 Å². The normalized spacial score (nSPS) is 12.7. The summed E-state index contributed by atoms with van der Waals surface area (Å²) in [6, 6.07) is 6.34. The monoisotopic (exact) mass is 215 g/mol. The summed E-state index contributed by atoms with van der Waals surface area (Å²) in [5.41, 5.74) is 3.67. The molecule has 0 amide bonds. The minimum absolute atomic E-state index is 0.227. The molecule has 2 aromatic rings. The Balaban J connectivity index is 2.49. The predicted molar refractivity (Wildman–Crippen MR) is 66.4 cm³/mol.